The van der Waals surface area contributed by atoms with Crippen molar-refractivity contribution in [3.05, 3.63) is 0 Å². The van der Waals surface area contributed by atoms with Crippen molar-refractivity contribution < 1.29 is 19.5 Å². The quantitative estimate of drug-likeness (QED) is 0.579. The first kappa shape index (κ1) is 15.3. The van der Waals surface area contributed by atoms with E-state index in [0.29, 0.717) is 19.0 Å². The minimum Gasteiger partial charge on any atom is -0.480 e. The second-order valence-electron chi connectivity index (χ2n) is 4.73. The number of aliphatic carboxylic acids is 1. The van der Waals surface area contributed by atoms with E-state index in [-0.39, 0.29) is 19.0 Å². The van der Waals surface area contributed by atoms with Gasteiger partial charge in [0, 0.05) is 13.1 Å². The highest BCUT2D eigenvalue weighted by atomic mass is 16.4. The molecule has 7 heteroatoms. The highest BCUT2D eigenvalue weighted by Gasteiger charge is 2.27. The van der Waals surface area contributed by atoms with Crippen LogP contribution >= 0.6 is 0 Å². The van der Waals surface area contributed by atoms with E-state index < -0.39 is 12.0 Å². The molecule has 0 aromatic carbocycles. The molecule has 0 saturated heterocycles. The van der Waals surface area contributed by atoms with E-state index in [9.17, 15) is 14.4 Å². The predicted octanol–water partition coefficient (Wildman–Crippen LogP) is 0.0188. The third kappa shape index (κ3) is 6.64. The van der Waals surface area contributed by atoms with Crippen LogP contribution in [0.2, 0.25) is 0 Å². The van der Waals surface area contributed by atoms with Gasteiger partial charge in [-0.3, -0.25) is 9.59 Å². The third-order valence-corrected chi connectivity index (χ3v) is 2.76. The minimum atomic E-state index is -1.05. The summed E-state index contributed by atoms with van der Waals surface area (Å²) in [4.78, 5) is 35.1. The van der Waals surface area contributed by atoms with Gasteiger partial charge in [-0.05, 0) is 25.2 Å². The van der Waals surface area contributed by atoms with E-state index in [2.05, 4.69) is 10.6 Å². The Morgan fingerprint density at radius 2 is 1.95 bits per heavy atom. The number of carbonyl (C=O) groups excluding carboxylic acids is 2. The van der Waals surface area contributed by atoms with Gasteiger partial charge >= 0.3 is 12.0 Å². The molecule has 0 aromatic heterocycles. The lowest BCUT2D eigenvalue weighted by atomic mass is 10.3. The number of carboxylic acids is 1. The average Bonchev–Trinajstić information content (AvgIpc) is 3.15. The first-order chi connectivity index (χ1) is 9.02. The van der Waals surface area contributed by atoms with Gasteiger partial charge in [0.15, 0.2) is 0 Å². The smallest absolute Gasteiger partial charge is 0.323 e. The Hall–Kier alpha value is -1.79. The van der Waals surface area contributed by atoms with Gasteiger partial charge in [-0.2, -0.15) is 0 Å². The van der Waals surface area contributed by atoms with Gasteiger partial charge in [-0.25, -0.2) is 4.79 Å². The summed E-state index contributed by atoms with van der Waals surface area (Å²) < 4.78 is 0. The van der Waals surface area contributed by atoms with Crippen molar-refractivity contribution in [2.75, 3.05) is 26.2 Å². The van der Waals surface area contributed by atoms with E-state index in [1.54, 1.807) is 0 Å². The Kier molecular flexibility index (Phi) is 6.11. The fraction of sp³-hybridized carbons (Fsp3) is 0.750. The van der Waals surface area contributed by atoms with Crippen molar-refractivity contribution in [3.8, 4) is 0 Å². The molecule has 0 aromatic rings. The van der Waals surface area contributed by atoms with Crippen LogP contribution in [-0.2, 0) is 9.59 Å². The molecule has 3 amide bonds. The largest absolute Gasteiger partial charge is 0.480 e. The molecule has 0 atom stereocenters. The Labute approximate surface area is 112 Å². The standard InChI is InChI=1S/C12H21N3O4/c1-2-5-13-10(16)6-14-12(19)15(8-11(17)18)7-9-3-4-9/h9H,2-8H2,1H3,(H,13,16)(H,14,19)(H,17,18). The Bertz CT molecular complexity index is 342. The zero-order chi connectivity index (χ0) is 14.3. The fourth-order valence-electron chi connectivity index (χ4n) is 1.59. The highest BCUT2D eigenvalue weighted by Crippen LogP contribution is 2.29. The van der Waals surface area contributed by atoms with E-state index in [1.807, 2.05) is 6.92 Å². The van der Waals surface area contributed by atoms with Gasteiger partial charge in [0.2, 0.25) is 5.91 Å². The molecule has 0 bridgehead atoms. The number of carbonyl (C=O) groups is 3. The molecule has 0 heterocycles. The van der Waals surface area contributed by atoms with Gasteiger partial charge in [-0.15, -0.1) is 0 Å². The van der Waals surface area contributed by atoms with E-state index in [1.165, 1.54) is 4.90 Å². The van der Waals surface area contributed by atoms with E-state index in [0.717, 1.165) is 19.3 Å². The molecule has 1 rings (SSSR count). The maximum Gasteiger partial charge on any atom is 0.323 e. The lowest BCUT2D eigenvalue weighted by molar-refractivity contribution is -0.137. The lowest BCUT2D eigenvalue weighted by Crippen LogP contribution is -2.47. The van der Waals surface area contributed by atoms with Crippen molar-refractivity contribution in [3.63, 3.8) is 0 Å². The molecule has 0 aliphatic heterocycles. The molecule has 1 fully saturated rings. The second-order valence-corrected chi connectivity index (χ2v) is 4.73. The molecule has 1 aliphatic carbocycles. The van der Waals surface area contributed by atoms with Crippen LogP contribution in [0.25, 0.3) is 0 Å². The molecule has 19 heavy (non-hydrogen) atoms. The summed E-state index contributed by atoms with van der Waals surface area (Å²) in [5.41, 5.74) is 0. The van der Waals surface area contributed by atoms with Crippen molar-refractivity contribution in [2.24, 2.45) is 5.92 Å². The SMILES string of the molecule is CCCNC(=O)CNC(=O)N(CC(=O)O)CC1CC1. The molecule has 7 nitrogen and oxygen atoms in total. The Morgan fingerprint density at radius 3 is 2.47 bits per heavy atom. The van der Waals surface area contributed by atoms with Crippen molar-refractivity contribution >= 4 is 17.9 Å². The van der Waals surface area contributed by atoms with Gasteiger partial charge in [0.25, 0.3) is 0 Å². The molecule has 0 radical (unpaired) electrons. The normalized spacial score (nSPS) is 13.7. The van der Waals surface area contributed by atoms with Crippen molar-refractivity contribution in [1.82, 2.24) is 15.5 Å². The number of urea groups is 1. The maximum atomic E-state index is 11.8. The predicted molar refractivity (Wildman–Crippen MR) is 68.6 cm³/mol. The van der Waals surface area contributed by atoms with Gasteiger partial charge in [0.05, 0.1) is 6.54 Å². The van der Waals surface area contributed by atoms with Crippen molar-refractivity contribution in [1.29, 1.82) is 0 Å². The minimum absolute atomic E-state index is 0.125. The van der Waals surface area contributed by atoms with Gasteiger partial charge < -0.3 is 20.6 Å². The van der Waals surface area contributed by atoms with Crippen LogP contribution in [0.4, 0.5) is 4.79 Å². The first-order valence-electron chi connectivity index (χ1n) is 6.54. The van der Waals surface area contributed by atoms with E-state index in [4.69, 9.17) is 5.11 Å². The average molecular weight is 271 g/mol. The Morgan fingerprint density at radius 1 is 1.26 bits per heavy atom. The summed E-state index contributed by atoms with van der Waals surface area (Å²) in [6.07, 6.45) is 2.88. The zero-order valence-corrected chi connectivity index (χ0v) is 11.1. The van der Waals surface area contributed by atoms with Crippen LogP contribution in [0.5, 0.6) is 0 Å². The molecule has 1 aliphatic rings. The second kappa shape index (κ2) is 7.60. The van der Waals surface area contributed by atoms with Crippen molar-refractivity contribution in [2.45, 2.75) is 26.2 Å². The van der Waals surface area contributed by atoms with Crippen LogP contribution < -0.4 is 10.6 Å². The zero-order valence-electron chi connectivity index (χ0n) is 11.1. The van der Waals surface area contributed by atoms with Crippen LogP contribution in [-0.4, -0.2) is 54.1 Å². The molecule has 3 N–H and O–H groups in total. The third-order valence-electron chi connectivity index (χ3n) is 2.76. The lowest BCUT2D eigenvalue weighted by Gasteiger charge is -2.20. The van der Waals surface area contributed by atoms with Crippen LogP contribution in [0.15, 0.2) is 0 Å². The molecular formula is C12H21N3O4. The molecule has 0 unspecified atom stereocenters. The summed E-state index contributed by atoms with van der Waals surface area (Å²) in [6.45, 7) is 2.48. The summed E-state index contributed by atoms with van der Waals surface area (Å²) >= 11 is 0. The monoisotopic (exact) mass is 271 g/mol. The maximum absolute atomic E-state index is 11.8. The number of hydrogen-bond acceptors (Lipinski definition) is 3. The number of nitrogens with one attached hydrogen (secondary N) is 2. The number of nitrogens with zero attached hydrogens (tertiary/aromatic N) is 1. The highest BCUT2D eigenvalue weighted by molar-refractivity contribution is 5.85. The van der Waals surface area contributed by atoms with Gasteiger partial charge in [0.1, 0.15) is 6.54 Å². The van der Waals surface area contributed by atoms with E-state index >= 15 is 0 Å². The number of rotatable bonds is 8. The van der Waals surface area contributed by atoms with Gasteiger partial charge in [-0.1, -0.05) is 6.92 Å². The topological polar surface area (TPSA) is 98.7 Å². The van der Waals surface area contributed by atoms with Crippen LogP contribution in [0.3, 0.4) is 0 Å². The fourth-order valence-corrected chi connectivity index (χ4v) is 1.59. The molecule has 1 saturated carbocycles. The Balaban J connectivity index is 2.33. The first-order valence-corrected chi connectivity index (χ1v) is 6.54. The molecular weight excluding hydrogens is 250 g/mol. The summed E-state index contributed by atoms with van der Waals surface area (Å²) in [7, 11) is 0. The number of amides is 3. The van der Waals surface area contributed by atoms with Crippen LogP contribution in [0, 0.1) is 5.92 Å². The number of carboxylic acid groups (broad SMARTS) is 1. The summed E-state index contributed by atoms with van der Waals surface area (Å²) in [5.74, 6) is -0.915. The number of hydrogen-bond donors (Lipinski definition) is 3. The molecule has 0 spiro atoms. The summed E-state index contributed by atoms with van der Waals surface area (Å²) in [6, 6.07) is -0.499. The summed E-state index contributed by atoms with van der Waals surface area (Å²) in [5, 5.41) is 13.8. The molecule has 108 valence electrons. The van der Waals surface area contributed by atoms with Crippen LogP contribution in [0.1, 0.15) is 26.2 Å².